The van der Waals surface area contributed by atoms with E-state index in [1.165, 1.54) is 0 Å². The van der Waals surface area contributed by atoms with Gasteiger partial charge in [-0.05, 0) is 67.1 Å². The Bertz CT molecular complexity index is 552. The number of hydrogen-bond donors (Lipinski definition) is 1. The van der Waals surface area contributed by atoms with Gasteiger partial charge in [-0.2, -0.15) is 0 Å². The number of nitrogens with one attached hydrogen (secondary N) is 1. The van der Waals surface area contributed by atoms with Gasteiger partial charge in [-0.1, -0.05) is 0 Å². The minimum absolute atomic E-state index is 0.0504. The van der Waals surface area contributed by atoms with Crippen LogP contribution in [0.15, 0.2) is 18.2 Å². The summed E-state index contributed by atoms with van der Waals surface area (Å²) < 4.78 is 6.66. The number of ether oxygens (including phenoxy) is 1. The maximum absolute atomic E-state index is 12.2. The van der Waals surface area contributed by atoms with E-state index in [-0.39, 0.29) is 12.2 Å². The highest BCUT2D eigenvalue weighted by atomic mass is 127. The normalized spacial score (nSPS) is 22.0. The third kappa shape index (κ3) is 4.16. The van der Waals surface area contributed by atoms with Crippen LogP contribution in [0.5, 0.6) is 0 Å². The van der Waals surface area contributed by atoms with Crippen LogP contribution < -0.4 is 5.32 Å². The summed E-state index contributed by atoms with van der Waals surface area (Å²) in [6.45, 7) is 6.60. The van der Waals surface area contributed by atoms with Crippen molar-refractivity contribution in [1.29, 1.82) is 0 Å². The molecule has 1 fully saturated rings. The van der Waals surface area contributed by atoms with Crippen LogP contribution in [-0.4, -0.2) is 42.0 Å². The van der Waals surface area contributed by atoms with Crippen molar-refractivity contribution < 1.29 is 14.3 Å². The molecule has 1 aliphatic rings. The molecule has 0 bridgehead atoms. The molecule has 114 valence electrons. The Morgan fingerprint density at radius 1 is 1.29 bits per heavy atom. The van der Waals surface area contributed by atoms with Crippen LogP contribution in [0.3, 0.4) is 0 Å². The van der Waals surface area contributed by atoms with Gasteiger partial charge >= 0.3 is 11.8 Å². The number of carbonyl (C=O) groups is 2. The molecule has 2 unspecified atom stereocenters. The van der Waals surface area contributed by atoms with Crippen molar-refractivity contribution in [3.63, 3.8) is 0 Å². The number of benzene rings is 1. The molecule has 0 aliphatic carbocycles. The number of hydrogen-bond acceptors (Lipinski definition) is 3. The topological polar surface area (TPSA) is 58.6 Å². The second kappa shape index (κ2) is 6.74. The summed E-state index contributed by atoms with van der Waals surface area (Å²) in [6.07, 6.45) is -0.101. The molecule has 1 aromatic carbocycles. The van der Waals surface area contributed by atoms with Crippen LogP contribution in [0.4, 0.5) is 5.69 Å². The average Bonchev–Trinajstić information content (AvgIpc) is 2.40. The first kappa shape index (κ1) is 16.2. The number of halogens is 1. The molecular weight excluding hydrogens is 383 g/mol. The lowest BCUT2D eigenvalue weighted by Gasteiger charge is -2.34. The SMILES string of the molecule is Cc1cc(I)ccc1NC(=O)C(=O)N1CC(C)OC(C)C1. The molecule has 2 amide bonds. The number of amides is 2. The molecule has 0 spiro atoms. The monoisotopic (exact) mass is 402 g/mol. The number of rotatable bonds is 1. The molecule has 1 saturated heterocycles. The van der Waals surface area contributed by atoms with Gasteiger partial charge in [0.15, 0.2) is 0 Å². The summed E-state index contributed by atoms with van der Waals surface area (Å²) in [7, 11) is 0. The van der Waals surface area contributed by atoms with Crippen molar-refractivity contribution in [3.05, 3.63) is 27.3 Å². The van der Waals surface area contributed by atoms with Gasteiger partial charge in [0, 0.05) is 22.3 Å². The predicted molar refractivity (Wildman–Crippen MR) is 89.1 cm³/mol. The van der Waals surface area contributed by atoms with Crippen LogP contribution in [-0.2, 0) is 14.3 Å². The zero-order valence-corrected chi connectivity index (χ0v) is 14.5. The molecule has 0 aromatic heterocycles. The summed E-state index contributed by atoms with van der Waals surface area (Å²) in [5, 5.41) is 2.69. The second-order valence-electron chi connectivity index (χ2n) is 5.38. The molecule has 0 radical (unpaired) electrons. The lowest BCUT2D eigenvalue weighted by atomic mass is 10.2. The van der Waals surface area contributed by atoms with Crippen molar-refractivity contribution >= 4 is 40.1 Å². The molecule has 1 aliphatic heterocycles. The fraction of sp³-hybridized carbons (Fsp3) is 0.467. The van der Waals surface area contributed by atoms with Gasteiger partial charge in [0.25, 0.3) is 0 Å². The van der Waals surface area contributed by atoms with Crippen LogP contribution in [0, 0.1) is 10.5 Å². The molecule has 1 aromatic rings. The Morgan fingerprint density at radius 3 is 2.48 bits per heavy atom. The summed E-state index contributed by atoms with van der Waals surface area (Å²) >= 11 is 2.21. The van der Waals surface area contributed by atoms with E-state index in [1.807, 2.05) is 39.0 Å². The largest absolute Gasteiger partial charge is 0.372 e. The van der Waals surface area contributed by atoms with Crippen molar-refractivity contribution in [2.24, 2.45) is 0 Å². The smallest absolute Gasteiger partial charge is 0.313 e. The average molecular weight is 402 g/mol. The van der Waals surface area contributed by atoms with Crippen LogP contribution >= 0.6 is 22.6 Å². The first-order chi connectivity index (χ1) is 9.86. The van der Waals surface area contributed by atoms with Crippen LogP contribution in [0.2, 0.25) is 0 Å². The second-order valence-corrected chi connectivity index (χ2v) is 6.63. The Morgan fingerprint density at radius 2 is 1.90 bits per heavy atom. The maximum Gasteiger partial charge on any atom is 0.313 e. The van der Waals surface area contributed by atoms with Crippen molar-refractivity contribution in [2.75, 3.05) is 18.4 Å². The van der Waals surface area contributed by atoms with Gasteiger partial charge < -0.3 is 15.0 Å². The molecule has 0 saturated carbocycles. The number of nitrogens with zero attached hydrogens (tertiary/aromatic N) is 1. The minimum atomic E-state index is -0.597. The molecule has 1 N–H and O–H groups in total. The maximum atomic E-state index is 12.2. The van der Waals surface area contributed by atoms with Crippen LogP contribution in [0.1, 0.15) is 19.4 Å². The number of morpholine rings is 1. The number of aryl methyl sites for hydroxylation is 1. The third-order valence-corrected chi connectivity index (χ3v) is 4.01. The van der Waals surface area contributed by atoms with Crippen molar-refractivity contribution in [1.82, 2.24) is 4.90 Å². The van der Waals surface area contributed by atoms with E-state index in [0.717, 1.165) is 9.13 Å². The van der Waals surface area contributed by atoms with Gasteiger partial charge in [-0.25, -0.2) is 0 Å². The van der Waals surface area contributed by atoms with Gasteiger partial charge in [-0.3, -0.25) is 9.59 Å². The molecular formula is C15H19IN2O3. The fourth-order valence-electron chi connectivity index (χ4n) is 2.43. The van der Waals surface area contributed by atoms with E-state index in [2.05, 4.69) is 27.9 Å². The molecule has 5 nitrogen and oxygen atoms in total. The van der Waals surface area contributed by atoms with E-state index in [0.29, 0.717) is 18.8 Å². The molecule has 2 atom stereocenters. The Hall–Kier alpha value is -1.15. The van der Waals surface area contributed by atoms with Gasteiger partial charge in [0.05, 0.1) is 12.2 Å². The third-order valence-electron chi connectivity index (χ3n) is 3.34. The highest BCUT2D eigenvalue weighted by Gasteiger charge is 2.29. The van der Waals surface area contributed by atoms with Crippen LogP contribution in [0.25, 0.3) is 0 Å². The predicted octanol–water partition coefficient (Wildman–Crippen LogP) is 2.17. The van der Waals surface area contributed by atoms with E-state index >= 15 is 0 Å². The van der Waals surface area contributed by atoms with Crippen molar-refractivity contribution in [2.45, 2.75) is 33.0 Å². The fourth-order valence-corrected chi connectivity index (χ4v) is 3.08. The Kier molecular flexibility index (Phi) is 5.21. The lowest BCUT2D eigenvalue weighted by molar-refractivity contribution is -0.151. The lowest BCUT2D eigenvalue weighted by Crippen LogP contribution is -2.51. The summed E-state index contributed by atoms with van der Waals surface area (Å²) in [5.41, 5.74) is 1.61. The van der Waals surface area contributed by atoms with E-state index < -0.39 is 11.8 Å². The Balaban J connectivity index is 2.04. The number of carbonyl (C=O) groups excluding carboxylic acids is 2. The molecule has 2 rings (SSSR count). The number of anilines is 1. The molecule has 21 heavy (non-hydrogen) atoms. The standard InChI is InChI=1S/C15H19IN2O3/c1-9-6-12(16)4-5-13(9)17-14(19)15(20)18-7-10(2)21-11(3)8-18/h4-6,10-11H,7-8H2,1-3H3,(H,17,19). The summed E-state index contributed by atoms with van der Waals surface area (Å²) in [5.74, 6) is -1.10. The van der Waals surface area contributed by atoms with Crippen molar-refractivity contribution in [3.8, 4) is 0 Å². The zero-order chi connectivity index (χ0) is 15.6. The first-order valence-corrected chi connectivity index (χ1v) is 7.96. The van der Waals surface area contributed by atoms with Gasteiger partial charge in [0.1, 0.15) is 0 Å². The minimum Gasteiger partial charge on any atom is -0.372 e. The quantitative estimate of drug-likeness (QED) is 0.579. The first-order valence-electron chi connectivity index (χ1n) is 6.88. The highest BCUT2D eigenvalue weighted by molar-refractivity contribution is 14.1. The van der Waals surface area contributed by atoms with Gasteiger partial charge in [0.2, 0.25) is 0 Å². The Labute approximate surface area is 138 Å². The summed E-state index contributed by atoms with van der Waals surface area (Å²) in [4.78, 5) is 25.9. The van der Waals surface area contributed by atoms with E-state index in [4.69, 9.17) is 4.74 Å². The van der Waals surface area contributed by atoms with E-state index in [9.17, 15) is 9.59 Å². The van der Waals surface area contributed by atoms with E-state index in [1.54, 1.807) is 4.90 Å². The molecule has 1 heterocycles. The zero-order valence-electron chi connectivity index (χ0n) is 12.4. The summed E-state index contributed by atoms with van der Waals surface area (Å²) in [6, 6.07) is 5.67. The van der Waals surface area contributed by atoms with Gasteiger partial charge in [-0.15, -0.1) is 0 Å². The molecule has 6 heteroatoms. The highest BCUT2D eigenvalue weighted by Crippen LogP contribution is 2.18.